The second-order valence-corrected chi connectivity index (χ2v) is 5.59. The molecular weight excluding hydrogens is 302 g/mol. The van der Waals surface area contributed by atoms with Gasteiger partial charge in [-0.1, -0.05) is 13.0 Å². The predicted molar refractivity (Wildman–Crippen MR) is 83.2 cm³/mol. The van der Waals surface area contributed by atoms with E-state index in [2.05, 4.69) is 65.7 Å². The molecule has 0 fully saturated rings. The first-order chi connectivity index (χ1) is 8.93. The highest BCUT2D eigenvalue weighted by molar-refractivity contribution is 9.10. The van der Waals surface area contributed by atoms with Gasteiger partial charge in [0.2, 0.25) is 0 Å². The minimum Gasteiger partial charge on any atom is -0.383 e. The van der Waals surface area contributed by atoms with Crippen molar-refractivity contribution < 1.29 is 0 Å². The fourth-order valence-corrected chi connectivity index (χ4v) is 2.53. The normalized spacial score (nSPS) is 10.8. The Balaban J connectivity index is 2.65. The standard InChI is InChI=1S/C15H18BrN3/c1-5-12-13(16)14(17)19-15(18-12)11-7-9(3)8(2)6-10(11)4/h6-7H,5H2,1-4H3,(H2,17,18,19). The minimum absolute atomic E-state index is 0.500. The number of nitrogens with zero attached hydrogens (tertiary/aromatic N) is 2. The zero-order valence-corrected chi connectivity index (χ0v) is 13.3. The molecule has 2 rings (SSSR count). The van der Waals surface area contributed by atoms with Crippen molar-refractivity contribution in [2.75, 3.05) is 5.73 Å². The number of aromatic nitrogens is 2. The Kier molecular flexibility index (Phi) is 3.90. The number of hydrogen-bond donors (Lipinski definition) is 1. The summed E-state index contributed by atoms with van der Waals surface area (Å²) in [6.45, 7) is 8.35. The molecule has 0 aliphatic rings. The minimum atomic E-state index is 0.500. The highest BCUT2D eigenvalue weighted by Gasteiger charge is 2.12. The summed E-state index contributed by atoms with van der Waals surface area (Å²) in [6.07, 6.45) is 0.824. The zero-order valence-electron chi connectivity index (χ0n) is 11.7. The quantitative estimate of drug-likeness (QED) is 0.911. The Morgan fingerprint density at radius 3 is 2.32 bits per heavy atom. The van der Waals surface area contributed by atoms with Crippen LogP contribution in [0.25, 0.3) is 11.4 Å². The number of nitrogen functional groups attached to an aromatic ring is 1. The van der Waals surface area contributed by atoms with Crippen molar-refractivity contribution in [3.05, 3.63) is 39.0 Å². The van der Waals surface area contributed by atoms with Gasteiger partial charge in [0.1, 0.15) is 5.82 Å². The smallest absolute Gasteiger partial charge is 0.162 e. The van der Waals surface area contributed by atoms with Crippen molar-refractivity contribution in [2.45, 2.75) is 34.1 Å². The van der Waals surface area contributed by atoms with Crippen LogP contribution in [0.2, 0.25) is 0 Å². The summed E-state index contributed by atoms with van der Waals surface area (Å²) in [5, 5.41) is 0. The van der Waals surface area contributed by atoms with Crippen LogP contribution in [0, 0.1) is 20.8 Å². The molecule has 0 saturated carbocycles. The van der Waals surface area contributed by atoms with Gasteiger partial charge >= 0.3 is 0 Å². The zero-order chi connectivity index (χ0) is 14.2. The van der Waals surface area contributed by atoms with E-state index in [1.807, 2.05) is 0 Å². The number of aryl methyl sites for hydroxylation is 4. The summed E-state index contributed by atoms with van der Waals surface area (Å²) in [7, 11) is 0. The van der Waals surface area contributed by atoms with Gasteiger partial charge in [-0.15, -0.1) is 0 Å². The largest absolute Gasteiger partial charge is 0.383 e. The summed E-state index contributed by atoms with van der Waals surface area (Å²) in [5.74, 6) is 1.21. The lowest BCUT2D eigenvalue weighted by Crippen LogP contribution is -2.03. The van der Waals surface area contributed by atoms with Crippen LogP contribution < -0.4 is 5.73 Å². The SMILES string of the molecule is CCc1nc(-c2cc(C)c(C)cc2C)nc(N)c1Br. The molecule has 4 heteroatoms. The fourth-order valence-electron chi connectivity index (χ4n) is 2.07. The van der Waals surface area contributed by atoms with Gasteiger partial charge in [0, 0.05) is 5.56 Å². The Morgan fingerprint density at radius 2 is 1.68 bits per heavy atom. The van der Waals surface area contributed by atoms with Crippen molar-refractivity contribution in [1.82, 2.24) is 9.97 Å². The molecule has 1 aromatic heterocycles. The molecular formula is C15H18BrN3. The molecule has 0 aliphatic carbocycles. The summed E-state index contributed by atoms with van der Waals surface area (Å²) < 4.78 is 0.806. The molecule has 0 bridgehead atoms. The van der Waals surface area contributed by atoms with Crippen molar-refractivity contribution in [3.63, 3.8) is 0 Å². The van der Waals surface area contributed by atoms with Crippen LogP contribution in [0.3, 0.4) is 0 Å². The van der Waals surface area contributed by atoms with E-state index in [1.165, 1.54) is 16.7 Å². The van der Waals surface area contributed by atoms with Gasteiger partial charge in [0.25, 0.3) is 0 Å². The number of hydrogen-bond acceptors (Lipinski definition) is 3. The first-order valence-corrected chi connectivity index (χ1v) is 7.13. The van der Waals surface area contributed by atoms with Gasteiger partial charge in [0.05, 0.1) is 10.2 Å². The maximum absolute atomic E-state index is 5.95. The summed E-state index contributed by atoms with van der Waals surface area (Å²) in [6, 6.07) is 4.30. The molecule has 0 radical (unpaired) electrons. The topological polar surface area (TPSA) is 51.8 Å². The maximum atomic E-state index is 5.95. The predicted octanol–water partition coefficient (Wildman–Crippen LogP) is 3.98. The van der Waals surface area contributed by atoms with Gasteiger partial charge in [-0.05, 0) is 65.9 Å². The number of halogens is 1. The lowest BCUT2D eigenvalue weighted by molar-refractivity contribution is 0.993. The van der Waals surface area contributed by atoms with E-state index in [0.29, 0.717) is 11.6 Å². The molecule has 0 saturated heterocycles. The monoisotopic (exact) mass is 319 g/mol. The average Bonchev–Trinajstić information content (AvgIpc) is 2.37. The molecule has 19 heavy (non-hydrogen) atoms. The third-order valence-electron chi connectivity index (χ3n) is 3.36. The molecule has 0 aliphatic heterocycles. The second kappa shape index (κ2) is 5.29. The van der Waals surface area contributed by atoms with E-state index < -0.39 is 0 Å². The highest BCUT2D eigenvalue weighted by atomic mass is 79.9. The van der Waals surface area contributed by atoms with Crippen LogP contribution >= 0.6 is 15.9 Å². The van der Waals surface area contributed by atoms with Crippen LogP contribution in [-0.2, 0) is 6.42 Å². The van der Waals surface area contributed by atoms with E-state index in [4.69, 9.17) is 5.73 Å². The molecule has 2 aromatic rings. The third kappa shape index (κ3) is 2.63. The maximum Gasteiger partial charge on any atom is 0.162 e. The second-order valence-electron chi connectivity index (χ2n) is 4.80. The van der Waals surface area contributed by atoms with Crippen molar-refractivity contribution in [2.24, 2.45) is 0 Å². The van der Waals surface area contributed by atoms with E-state index in [9.17, 15) is 0 Å². The summed E-state index contributed by atoms with van der Waals surface area (Å²) >= 11 is 3.44. The first-order valence-electron chi connectivity index (χ1n) is 6.34. The molecule has 0 atom stereocenters. The molecule has 0 spiro atoms. The molecule has 100 valence electrons. The number of rotatable bonds is 2. The molecule has 1 aromatic carbocycles. The molecule has 1 heterocycles. The lowest BCUT2D eigenvalue weighted by atomic mass is 10.0. The Morgan fingerprint density at radius 1 is 1.05 bits per heavy atom. The molecule has 3 nitrogen and oxygen atoms in total. The number of nitrogens with two attached hydrogens (primary N) is 1. The van der Waals surface area contributed by atoms with Crippen molar-refractivity contribution in [3.8, 4) is 11.4 Å². The summed E-state index contributed by atoms with van der Waals surface area (Å²) in [5.41, 5.74) is 11.6. The number of benzene rings is 1. The van der Waals surface area contributed by atoms with E-state index in [1.54, 1.807) is 0 Å². The van der Waals surface area contributed by atoms with Crippen molar-refractivity contribution >= 4 is 21.7 Å². The van der Waals surface area contributed by atoms with Crippen LogP contribution in [-0.4, -0.2) is 9.97 Å². The van der Waals surface area contributed by atoms with Crippen molar-refractivity contribution in [1.29, 1.82) is 0 Å². The van der Waals surface area contributed by atoms with Crippen LogP contribution in [0.5, 0.6) is 0 Å². The average molecular weight is 320 g/mol. The fraction of sp³-hybridized carbons (Fsp3) is 0.333. The molecule has 2 N–H and O–H groups in total. The Hall–Kier alpha value is -1.42. The summed E-state index contributed by atoms with van der Waals surface area (Å²) in [4.78, 5) is 9.02. The molecule has 0 amide bonds. The third-order valence-corrected chi connectivity index (χ3v) is 4.23. The van der Waals surface area contributed by atoms with Crippen LogP contribution in [0.4, 0.5) is 5.82 Å². The van der Waals surface area contributed by atoms with E-state index in [-0.39, 0.29) is 0 Å². The van der Waals surface area contributed by atoms with Crippen LogP contribution in [0.15, 0.2) is 16.6 Å². The Bertz CT molecular complexity index is 636. The van der Waals surface area contributed by atoms with E-state index in [0.717, 1.165) is 22.2 Å². The first kappa shape index (κ1) is 14.0. The molecule has 0 unspecified atom stereocenters. The Labute approximate surface area is 122 Å². The van der Waals surface area contributed by atoms with Gasteiger partial charge in [-0.2, -0.15) is 0 Å². The van der Waals surface area contributed by atoms with Gasteiger partial charge < -0.3 is 5.73 Å². The van der Waals surface area contributed by atoms with Crippen LogP contribution in [0.1, 0.15) is 29.3 Å². The number of anilines is 1. The van der Waals surface area contributed by atoms with Gasteiger partial charge in [-0.3, -0.25) is 0 Å². The highest BCUT2D eigenvalue weighted by Crippen LogP contribution is 2.28. The lowest BCUT2D eigenvalue weighted by Gasteiger charge is -2.11. The van der Waals surface area contributed by atoms with Gasteiger partial charge in [-0.25, -0.2) is 9.97 Å². The van der Waals surface area contributed by atoms with Gasteiger partial charge in [0.15, 0.2) is 5.82 Å². The van der Waals surface area contributed by atoms with E-state index >= 15 is 0 Å².